The summed E-state index contributed by atoms with van der Waals surface area (Å²) in [6, 6.07) is 4.75. The molecule has 0 amide bonds. The molecule has 2 rings (SSSR count). The molecule has 1 fully saturated rings. The average molecular weight is 270 g/mol. The quantitative estimate of drug-likeness (QED) is 0.804. The van der Waals surface area contributed by atoms with Gasteiger partial charge in [0.2, 0.25) is 0 Å². The van der Waals surface area contributed by atoms with Gasteiger partial charge in [0.25, 0.3) is 0 Å². The molecule has 1 aromatic carbocycles. The number of hydrogen-bond acceptors (Lipinski definition) is 1. The fraction of sp³-hybridized carbons (Fsp3) is 0.600. The van der Waals surface area contributed by atoms with Crippen molar-refractivity contribution in [2.45, 2.75) is 38.0 Å². The van der Waals surface area contributed by atoms with Crippen LogP contribution < -0.4 is 5.32 Å². The smallest absolute Gasteiger partial charge is 0.123 e. The zero-order valence-electron chi connectivity index (χ0n) is 10.9. The molecule has 0 saturated heterocycles. The van der Waals surface area contributed by atoms with Gasteiger partial charge in [-0.05, 0) is 62.0 Å². The number of halogens is 2. The molecular formula is C15H21ClFN. The van der Waals surface area contributed by atoms with Crippen LogP contribution in [0.5, 0.6) is 0 Å². The Balaban J connectivity index is 2.28. The number of benzene rings is 1. The van der Waals surface area contributed by atoms with Crippen LogP contribution in [0.4, 0.5) is 4.39 Å². The summed E-state index contributed by atoms with van der Waals surface area (Å²) in [5.74, 6) is 0.779. The minimum absolute atomic E-state index is 0.179. The van der Waals surface area contributed by atoms with E-state index in [0.29, 0.717) is 16.9 Å². The summed E-state index contributed by atoms with van der Waals surface area (Å²) < 4.78 is 13.4. The molecule has 2 atom stereocenters. The second-order valence-corrected chi connectivity index (χ2v) is 5.64. The van der Waals surface area contributed by atoms with Crippen molar-refractivity contribution in [1.29, 1.82) is 0 Å². The first-order chi connectivity index (χ1) is 8.72. The Bertz CT molecular complexity index is 394. The lowest BCUT2D eigenvalue weighted by Crippen LogP contribution is -2.24. The van der Waals surface area contributed by atoms with Gasteiger partial charge in [-0.2, -0.15) is 0 Å². The van der Waals surface area contributed by atoms with E-state index in [-0.39, 0.29) is 5.82 Å². The van der Waals surface area contributed by atoms with E-state index in [1.54, 1.807) is 12.1 Å². The summed E-state index contributed by atoms with van der Waals surface area (Å²) >= 11 is 6.26. The standard InChI is InChI=1S/C15H21ClFN/c1-18-10-11-5-3-2-4-6-13(11)14-9-12(17)7-8-15(14)16/h7-9,11,13,18H,2-6,10H2,1H3. The molecule has 100 valence electrons. The molecule has 0 bridgehead atoms. The average Bonchev–Trinajstić information content (AvgIpc) is 2.58. The van der Waals surface area contributed by atoms with E-state index >= 15 is 0 Å². The maximum absolute atomic E-state index is 13.4. The van der Waals surface area contributed by atoms with Crippen LogP contribution in [-0.2, 0) is 0 Å². The molecule has 3 heteroatoms. The zero-order chi connectivity index (χ0) is 13.0. The highest BCUT2D eigenvalue weighted by Gasteiger charge is 2.26. The second kappa shape index (κ2) is 6.53. The maximum atomic E-state index is 13.4. The Labute approximate surface area is 114 Å². The summed E-state index contributed by atoms with van der Waals surface area (Å²) in [6.45, 7) is 0.984. The monoisotopic (exact) mass is 269 g/mol. The third-order valence-electron chi connectivity index (χ3n) is 3.98. The first-order valence-corrected chi connectivity index (χ1v) is 7.19. The van der Waals surface area contributed by atoms with Crippen molar-refractivity contribution in [1.82, 2.24) is 5.32 Å². The van der Waals surface area contributed by atoms with E-state index in [4.69, 9.17) is 11.6 Å². The molecule has 1 N–H and O–H groups in total. The van der Waals surface area contributed by atoms with Gasteiger partial charge in [0.1, 0.15) is 5.82 Å². The van der Waals surface area contributed by atoms with Gasteiger partial charge in [0.15, 0.2) is 0 Å². The van der Waals surface area contributed by atoms with Crippen LogP contribution in [0.25, 0.3) is 0 Å². The predicted octanol–water partition coefficient (Wildman–Crippen LogP) is 4.36. The van der Waals surface area contributed by atoms with E-state index in [1.165, 1.54) is 31.7 Å². The Morgan fingerprint density at radius 1 is 1.28 bits per heavy atom. The van der Waals surface area contributed by atoms with Crippen molar-refractivity contribution in [2.24, 2.45) is 5.92 Å². The highest BCUT2D eigenvalue weighted by molar-refractivity contribution is 6.31. The fourth-order valence-electron chi connectivity index (χ4n) is 3.10. The van der Waals surface area contributed by atoms with Gasteiger partial charge in [-0.3, -0.25) is 0 Å². The first kappa shape index (κ1) is 13.8. The molecule has 0 aromatic heterocycles. The topological polar surface area (TPSA) is 12.0 Å². The largest absolute Gasteiger partial charge is 0.319 e. The van der Waals surface area contributed by atoms with Crippen molar-refractivity contribution >= 4 is 11.6 Å². The molecule has 1 aromatic rings. The molecule has 2 unspecified atom stereocenters. The first-order valence-electron chi connectivity index (χ1n) is 6.82. The minimum atomic E-state index is -0.179. The van der Waals surface area contributed by atoms with Gasteiger partial charge >= 0.3 is 0 Å². The van der Waals surface area contributed by atoms with Crippen LogP contribution in [0.1, 0.15) is 43.6 Å². The van der Waals surface area contributed by atoms with Crippen molar-refractivity contribution in [2.75, 3.05) is 13.6 Å². The highest BCUT2D eigenvalue weighted by Crippen LogP contribution is 2.39. The van der Waals surface area contributed by atoms with E-state index < -0.39 is 0 Å². The van der Waals surface area contributed by atoms with Gasteiger partial charge in [-0.25, -0.2) is 4.39 Å². The lowest BCUT2D eigenvalue weighted by Gasteiger charge is -2.26. The predicted molar refractivity (Wildman–Crippen MR) is 74.7 cm³/mol. The van der Waals surface area contributed by atoms with Crippen LogP contribution >= 0.6 is 11.6 Å². The Hall–Kier alpha value is -0.600. The third kappa shape index (κ3) is 3.24. The summed E-state index contributed by atoms with van der Waals surface area (Å²) in [7, 11) is 1.98. The van der Waals surface area contributed by atoms with Crippen LogP contribution in [0.15, 0.2) is 18.2 Å². The fourth-order valence-corrected chi connectivity index (χ4v) is 3.36. The van der Waals surface area contributed by atoms with E-state index in [1.807, 2.05) is 7.05 Å². The number of nitrogens with one attached hydrogen (secondary N) is 1. The molecule has 1 nitrogen and oxygen atoms in total. The molecule has 0 radical (unpaired) electrons. The molecule has 0 aliphatic heterocycles. The molecule has 1 saturated carbocycles. The Morgan fingerprint density at radius 3 is 2.83 bits per heavy atom. The normalized spacial score (nSPS) is 24.8. The van der Waals surface area contributed by atoms with Crippen molar-refractivity contribution in [3.8, 4) is 0 Å². The van der Waals surface area contributed by atoms with Crippen LogP contribution in [0.3, 0.4) is 0 Å². The van der Waals surface area contributed by atoms with E-state index in [2.05, 4.69) is 5.32 Å². The van der Waals surface area contributed by atoms with Gasteiger partial charge < -0.3 is 5.32 Å². The maximum Gasteiger partial charge on any atom is 0.123 e. The Morgan fingerprint density at radius 2 is 2.06 bits per heavy atom. The van der Waals surface area contributed by atoms with Gasteiger partial charge in [-0.15, -0.1) is 0 Å². The van der Waals surface area contributed by atoms with Crippen molar-refractivity contribution in [3.05, 3.63) is 34.6 Å². The van der Waals surface area contributed by atoms with E-state index in [9.17, 15) is 4.39 Å². The zero-order valence-corrected chi connectivity index (χ0v) is 11.6. The van der Waals surface area contributed by atoms with Crippen LogP contribution in [-0.4, -0.2) is 13.6 Å². The number of hydrogen-bond donors (Lipinski definition) is 1. The van der Waals surface area contributed by atoms with Crippen molar-refractivity contribution < 1.29 is 4.39 Å². The Kier molecular flexibility index (Phi) is 5.02. The van der Waals surface area contributed by atoms with Crippen LogP contribution in [0.2, 0.25) is 5.02 Å². The number of rotatable bonds is 3. The molecule has 1 aliphatic carbocycles. The summed E-state index contributed by atoms with van der Waals surface area (Å²) in [5, 5.41) is 3.97. The summed E-state index contributed by atoms with van der Waals surface area (Å²) in [5.41, 5.74) is 0.999. The summed E-state index contributed by atoms with van der Waals surface area (Å²) in [6.07, 6.45) is 6.10. The molecule has 18 heavy (non-hydrogen) atoms. The van der Waals surface area contributed by atoms with Gasteiger partial charge in [-0.1, -0.05) is 30.9 Å². The van der Waals surface area contributed by atoms with Crippen LogP contribution in [0, 0.1) is 11.7 Å². The molecule has 1 aliphatic rings. The summed E-state index contributed by atoms with van der Waals surface area (Å²) in [4.78, 5) is 0. The van der Waals surface area contributed by atoms with Crippen molar-refractivity contribution in [3.63, 3.8) is 0 Å². The van der Waals surface area contributed by atoms with E-state index in [0.717, 1.165) is 18.5 Å². The second-order valence-electron chi connectivity index (χ2n) is 5.23. The SMILES string of the molecule is CNCC1CCCCCC1c1cc(F)ccc1Cl. The highest BCUT2D eigenvalue weighted by atomic mass is 35.5. The van der Waals surface area contributed by atoms with Gasteiger partial charge in [0, 0.05) is 5.02 Å². The third-order valence-corrected chi connectivity index (χ3v) is 4.33. The lowest BCUT2D eigenvalue weighted by molar-refractivity contribution is 0.385. The molecular weight excluding hydrogens is 249 g/mol. The van der Waals surface area contributed by atoms with Gasteiger partial charge in [0.05, 0.1) is 0 Å². The minimum Gasteiger partial charge on any atom is -0.319 e. The molecule has 0 spiro atoms. The molecule has 0 heterocycles. The lowest BCUT2D eigenvalue weighted by atomic mass is 9.82.